The molecule has 150 valence electrons. The fourth-order valence-corrected chi connectivity index (χ4v) is 5.27. The molecule has 30 heavy (non-hydrogen) atoms. The van der Waals surface area contributed by atoms with Gasteiger partial charge in [0.1, 0.15) is 11.1 Å². The molecule has 4 aromatic rings. The number of Topliss-reactive ketones (excluding diaryl/α,β-unsaturated/α-hetero) is 1. The summed E-state index contributed by atoms with van der Waals surface area (Å²) in [6, 6.07) is 18.5. The van der Waals surface area contributed by atoms with Crippen LogP contribution < -0.4 is 0 Å². The number of carbonyl (C=O) groups is 1. The van der Waals surface area contributed by atoms with Gasteiger partial charge in [0.25, 0.3) is 0 Å². The van der Waals surface area contributed by atoms with Crippen LogP contribution in [-0.2, 0) is 0 Å². The predicted molar refractivity (Wildman–Crippen MR) is 118 cm³/mol. The first-order valence-corrected chi connectivity index (χ1v) is 11.4. The van der Waals surface area contributed by atoms with E-state index in [0.717, 1.165) is 33.0 Å². The van der Waals surface area contributed by atoms with E-state index in [1.165, 1.54) is 25.7 Å². The smallest absolute Gasteiger partial charge is 0.192 e. The van der Waals surface area contributed by atoms with Crippen LogP contribution in [0.25, 0.3) is 10.9 Å². The Bertz CT molecular complexity index is 1220. The van der Waals surface area contributed by atoms with E-state index in [1.807, 2.05) is 60.8 Å². The van der Waals surface area contributed by atoms with Crippen molar-refractivity contribution in [3.05, 3.63) is 77.7 Å². The van der Waals surface area contributed by atoms with Crippen LogP contribution in [0.3, 0.4) is 0 Å². The highest BCUT2D eigenvalue weighted by atomic mass is 32.2. The van der Waals surface area contributed by atoms with Crippen molar-refractivity contribution in [2.24, 2.45) is 0 Å². The zero-order valence-corrected chi connectivity index (χ0v) is 17.3. The number of ketones is 1. The number of nitrogens with one attached hydrogen (secondary N) is 1. The summed E-state index contributed by atoms with van der Waals surface area (Å²) in [6.45, 7) is 0. The van der Waals surface area contributed by atoms with Crippen molar-refractivity contribution in [2.45, 2.75) is 48.0 Å². The monoisotopic (exact) mass is 414 g/mol. The van der Waals surface area contributed by atoms with Gasteiger partial charge in [0, 0.05) is 34.6 Å². The fraction of sp³-hybridized carbons (Fsp3) is 0.292. The van der Waals surface area contributed by atoms with Gasteiger partial charge in [-0.2, -0.15) is 0 Å². The molecular formula is C24H22N4OS. The number of aromatic nitrogens is 4. The maximum atomic E-state index is 13.8. The number of benzene rings is 2. The van der Waals surface area contributed by atoms with Crippen LogP contribution in [-0.4, -0.2) is 25.5 Å². The van der Waals surface area contributed by atoms with E-state index < -0.39 is 0 Å². The molecule has 2 fully saturated rings. The van der Waals surface area contributed by atoms with Crippen molar-refractivity contribution >= 4 is 28.4 Å². The van der Waals surface area contributed by atoms with Crippen molar-refractivity contribution in [2.75, 3.05) is 0 Å². The molecule has 0 saturated heterocycles. The topological polar surface area (TPSA) is 63.6 Å². The third-order valence-corrected chi connectivity index (χ3v) is 7.17. The first kappa shape index (κ1) is 18.0. The number of nitrogens with zero attached hydrogens (tertiary/aromatic N) is 3. The lowest BCUT2D eigenvalue weighted by molar-refractivity contribution is 0.0991. The van der Waals surface area contributed by atoms with Gasteiger partial charge < -0.3 is 9.55 Å². The predicted octanol–water partition coefficient (Wildman–Crippen LogP) is 5.69. The molecule has 0 aliphatic heterocycles. The van der Waals surface area contributed by atoms with Crippen LogP contribution in [0.5, 0.6) is 0 Å². The van der Waals surface area contributed by atoms with E-state index in [0.29, 0.717) is 12.0 Å². The van der Waals surface area contributed by atoms with Gasteiger partial charge in [-0.1, -0.05) is 60.3 Å². The van der Waals surface area contributed by atoms with Gasteiger partial charge in [-0.25, -0.2) is 0 Å². The van der Waals surface area contributed by atoms with Crippen molar-refractivity contribution in [1.29, 1.82) is 0 Å². The molecule has 0 unspecified atom stereocenters. The fourth-order valence-electron chi connectivity index (χ4n) is 4.09. The van der Waals surface area contributed by atoms with Crippen molar-refractivity contribution in [1.82, 2.24) is 19.7 Å². The molecule has 1 N–H and O–H groups in total. The molecule has 2 heterocycles. The molecule has 0 amide bonds. The molecule has 6 rings (SSSR count). The maximum Gasteiger partial charge on any atom is 0.192 e. The van der Waals surface area contributed by atoms with Gasteiger partial charge in [-0.15, -0.1) is 10.2 Å². The second-order valence-corrected chi connectivity index (χ2v) is 9.31. The van der Waals surface area contributed by atoms with Crippen LogP contribution in [0.4, 0.5) is 0 Å². The van der Waals surface area contributed by atoms with E-state index in [4.69, 9.17) is 0 Å². The molecule has 2 aromatic heterocycles. The first-order chi connectivity index (χ1) is 14.8. The van der Waals surface area contributed by atoms with Gasteiger partial charge in [0.15, 0.2) is 10.9 Å². The van der Waals surface area contributed by atoms with Crippen LogP contribution in [0.1, 0.15) is 64.6 Å². The van der Waals surface area contributed by atoms with Crippen LogP contribution in [0, 0.1) is 0 Å². The highest BCUT2D eigenvalue weighted by Gasteiger charge is 2.38. The van der Waals surface area contributed by atoms with Gasteiger partial charge >= 0.3 is 0 Å². The lowest BCUT2D eigenvalue weighted by Crippen LogP contribution is -2.11. The highest BCUT2D eigenvalue weighted by Crippen LogP contribution is 2.48. The van der Waals surface area contributed by atoms with Crippen LogP contribution in [0.15, 0.2) is 66.0 Å². The third-order valence-electron chi connectivity index (χ3n) is 5.96. The number of carbonyl (C=O) groups excluding carboxylic acids is 1. The number of H-pyrrole nitrogens is 1. The van der Waals surface area contributed by atoms with Gasteiger partial charge in [-0.3, -0.25) is 4.79 Å². The Morgan fingerprint density at radius 1 is 1.00 bits per heavy atom. The molecule has 2 aliphatic carbocycles. The number of hydrogen-bond acceptors (Lipinski definition) is 4. The second-order valence-electron chi connectivity index (χ2n) is 8.24. The van der Waals surface area contributed by atoms with Gasteiger partial charge in [0.05, 0.1) is 0 Å². The van der Waals surface area contributed by atoms with Gasteiger partial charge in [0.2, 0.25) is 0 Å². The summed E-state index contributed by atoms with van der Waals surface area (Å²) in [5.41, 5.74) is 2.71. The molecule has 6 heteroatoms. The summed E-state index contributed by atoms with van der Waals surface area (Å²) in [6.07, 6.45) is 6.60. The number of para-hydroxylation sites is 1. The zero-order valence-electron chi connectivity index (χ0n) is 16.5. The Kier molecular flexibility index (Phi) is 4.27. The Morgan fingerprint density at radius 3 is 2.53 bits per heavy atom. The summed E-state index contributed by atoms with van der Waals surface area (Å²) in [7, 11) is 0. The number of aromatic amines is 1. The number of hydrogen-bond donors (Lipinski definition) is 1. The normalized spacial score (nSPS) is 17.3. The van der Waals surface area contributed by atoms with Crippen molar-refractivity contribution < 1.29 is 4.79 Å². The number of rotatable bonds is 7. The molecule has 1 atom stereocenters. The zero-order chi connectivity index (χ0) is 20.1. The summed E-state index contributed by atoms with van der Waals surface area (Å²) in [5, 5.41) is 10.6. The van der Waals surface area contributed by atoms with Crippen molar-refractivity contribution in [3.8, 4) is 0 Å². The van der Waals surface area contributed by atoms with Crippen LogP contribution >= 0.6 is 11.8 Å². The molecule has 2 saturated carbocycles. The molecule has 2 aliphatic rings. The van der Waals surface area contributed by atoms with E-state index >= 15 is 0 Å². The van der Waals surface area contributed by atoms with E-state index in [9.17, 15) is 4.79 Å². The molecule has 0 bridgehead atoms. The molecular weight excluding hydrogens is 392 g/mol. The van der Waals surface area contributed by atoms with E-state index in [-0.39, 0.29) is 11.0 Å². The molecule has 0 spiro atoms. The SMILES string of the molecule is O=C(c1c[nH]c2ccccc12)[C@@H](Sc1nnc(C2CC2)n1C1CC1)c1ccccc1. The Balaban J connectivity index is 1.41. The average molecular weight is 415 g/mol. The van der Waals surface area contributed by atoms with Gasteiger partial charge in [-0.05, 0) is 37.3 Å². The maximum absolute atomic E-state index is 13.8. The largest absolute Gasteiger partial charge is 0.360 e. The lowest BCUT2D eigenvalue weighted by atomic mass is 10.0. The molecule has 2 aromatic carbocycles. The van der Waals surface area contributed by atoms with E-state index in [1.54, 1.807) is 11.8 Å². The summed E-state index contributed by atoms with van der Waals surface area (Å²) < 4.78 is 2.32. The van der Waals surface area contributed by atoms with Crippen LogP contribution in [0.2, 0.25) is 0 Å². The minimum Gasteiger partial charge on any atom is -0.360 e. The number of thioether (sulfide) groups is 1. The average Bonchev–Trinajstić information content (AvgIpc) is 3.72. The summed E-state index contributed by atoms with van der Waals surface area (Å²) in [5.74, 6) is 1.76. The Morgan fingerprint density at radius 2 is 1.77 bits per heavy atom. The third kappa shape index (κ3) is 3.16. The first-order valence-electron chi connectivity index (χ1n) is 10.6. The summed E-state index contributed by atoms with van der Waals surface area (Å²) >= 11 is 1.54. The Labute approximate surface area is 178 Å². The Hall–Kier alpha value is -2.86. The standard InChI is InChI=1S/C24H22N4OS/c29-21(19-14-25-20-9-5-4-8-18(19)20)22(15-6-2-1-3-7-15)30-24-27-26-23(16-10-11-16)28(24)17-12-13-17/h1-9,14,16-17,22,25H,10-13H2/t22-/m0/s1. The lowest BCUT2D eigenvalue weighted by Gasteiger charge is -2.16. The summed E-state index contributed by atoms with van der Waals surface area (Å²) in [4.78, 5) is 17.0. The second kappa shape index (κ2) is 7.13. The number of fused-ring (bicyclic) bond motifs is 1. The quantitative estimate of drug-likeness (QED) is 0.312. The van der Waals surface area contributed by atoms with E-state index in [2.05, 4.69) is 19.7 Å². The molecule has 5 nitrogen and oxygen atoms in total. The molecule has 0 radical (unpaired) electrons. The minimum atomic E-state index is -0.362. The minimum absolute atomic E-state index is 0.0990. The highest BCUT2D eigenvalue weighted by molar-refractivity contribution is 8.00. The van der Waals surface area contributed by atoms with Crippen molar-refractivity contribution in [3.63, 3.8) is 0 Å².